The molecule has 0 aliphatic carbocycles. The van der Waals surface area contributed by atoms with E-state index in [0.717, 1.165) is 13.0 Å². The number of nitrogen functional groups attached to an aromatic ring is 1. The molecule has 1 aromatic rings. The lowest BCUT2D eigenvalue weighted by Crippen LogP contribution is -2.15. The lowest BCUT2D eigenvalue weighted by Gasteiger charge is -2.05. The maximum atomic E-state index is 11.2. The second kappa shape index (κ2) is 9.58. The molecular formula is C14H26N4OS. The molecule has 20 heavy (non-hydrogen) atoms. The maximum Gasteiger partial charge on any atom is 0.255 e. The summed E-state index contributed by atoms with van der Waals surface area (Å²) in [6, 6.07) is 0. The van der Waals surface area contributed by atoms with Crippen LogP contribution in [0.3, 0.4) is 0 Å². The van der Waals surface area contributed by atoms with Gasteiger partial charge in [0.15, 0.2) is 5.82 Å². The number of rotatable bonds is 11. The van der Waals surface area contributed by atoms with E-state index in [1.54, 1.807) is 0 Å². The van der Waals surface area contributed by atoms with Crippen LogP contribution in [-0.4, -0.2) is 16.8 Å². The number of nitrogens with zero attached hydrogens (tertiary/aromatic N) is 1. The molecule has 0 spiro atoms. The number of nitrogens with one attached hydrogen (secondary N) is 1. The molecule has 5 N–H and O–H groups in total. The average Bonchev–Trinajstić information content (AvgIpc) is 2.78. The zero-order valence-electron chi connectivity index (χ0n) is 12.3. The summed E-state index contributed by atoms with van der Waals surface area (Å²) in [5, 5.41) is 3.89. The van der Waals surface area contributed by atoms with E-state index in [-0.39, 0.29) is 5.82 Å². The van der Waals surface area contributed by atoms with Crippen LogP contribution in [0.5, 0.6) is 0 Å². The Labute approximate surface area is 125 Å². The predicted molar refractivity (Wildman–Crippen MR) is 86.1 cm³/mol. The third kappa shape index (κ3) is 5.77. The van der Waals surface area contributed by atoms with Crippen LogP contribution in [0.4, 0.5) is 10.8 Å². The van der Waals surface area contributed by atoms with Gasteiger partial charge in [0, 0.05) is 6.54 Å². The number of aromatic nitrogens is 1. The number of hydrogen-bond donors (Lipinski definition) is 3. The van der Waals surface area contributed by atoms with Crippen molar-refractivity contribution < 1.29 is 4.79 Å². The Kier molecular flexibility index (Phi) is 8.02. The number of anilines is 2. The second-order valence-electron chi connectivity index (χ2n) is 5.04. The summed E-state index contributed by atoms with van der Waals surface area (Å²) in [7, 11) is 0. The Morgan fingerprint density at radius 2 is 1.75 bits per heavy atom. The fourth-order valence-corrected chi connectivity index (χ4v) is 2.87. The highest BCUT2D eigenvalue weighted by Crippen LogP contribution is 2.26. The van der Waals surface area contributed by atoms with Crippen molar-refractivity contribution in [1.82, 2.24) is 4.37 Å². The summed E-state index contributed by atoms with van der Waals surface area (Å²) < 4.78 is 3.95. The van der Waals surface area contributed by atoms with E-state index in [0.29, 0.717) is 10.6 Å². The minimum Gasteiger partial charge on any atom is -0.382 e. The minimum absolute atomic E-state index is 0.223. The van der Waals surface area contributed by atoms with Gasteiger partial charge in [-0.2, -0.15) is 4.37 Å². The summed E-state index contributed by atoms with van der Waals surface area (Å²) >= 11 is 1.19. The van der Waals surface area contributed by atoms with Gasteiger partial charge in [-0.25, -0.2) is 0 Å². The van der Waals surface area contributed by atoms with Crippen molar-refractivity contribution >= 4 is 28.3 Å². The highest BCUT2D eigenvalue weighted by Gasteiger charge is 2.15. The van der Waals surface area contributed by atoms with Crippen molar-refractivity contribution in [3.8, 4) is 0 Å². The van der Waals surface area contributed by atoms with Gasteiger partial charge in [-0.3, -0.25) is 4.79 Å². The molecule has 5 nitrogen and oxygen atoms in total. The molecule has 0 bridgehead atoms. The van der Waals surface area contributed by atoms with Gasteiger partial charge in [-0.05, 0) is 18.0 Å². The molecule has 0 atom stereocenters. The van der Waals surface area contributed by atoms with Crippen molar-refractivity contribution in [1.29, 1.82) is 0 Å². The minimum atomic E-state index is -0.519. The van der Waals surface area contributed by atoms with Crippen LogP contribution in [0.2, 0.25) is 0 Å². The molecular weight excluding hydrogens is 272 g/mol. The van der Waals surface area contributed by atoms with Crippen LogP contribution in [-0.2, 0) is 0 Å². The first kappa shape index (κ1) is 16.8. The summed E-state index contributed by atoms with van der Waals surface area (Å²) in [5.74, 6) is -0.296. The van der Waals surface area contributed by atoms with Gasteiger partial charge in [0.05, 0.1) is 0 Å². The third-order valence-corrected chi connectivity index (χ3v) is 4.10. The number of amides is 1. The molecule has 0 radical (unpaired) electrons. The smallest absolute Gasteiger partial charge is 0.255 e. The number of nitrogens with two attached hydrogens (primary N) is 2. The number of primary amides is 1. The molecule has 0 aliphatic rings. The molecule has 1 rings (SSSR count). The van der Waals surface area contributed by atoms with Crippen molar-refractivity contribution in [2.45, 2.75) is 58.3 Å². The second-order valence-corrected chi connectivity index (χ2v) is 5.81. The van der Waals surface area contributed by atoms with E-state index in [1.165, 1.54) is 56.5 Å². The summed E-state index contributed by atoms with van der Waals surface area (Å²) in [6.45, 7) is 3.06. The van der Waals surface area contributed by atoms with Gasteiger partial charge in [0.25, 0.3) is 5.91 Å². The first-order valence-electron chi connectivity index (χ1n) is 7.45. The predicted octanol–water partition coefficient (Wildman–Crippen LogP) is 3.38. The molecule has 0 aromatic carbocycles. The highest BCUT2D eigenvalue weighted by molar-refractivity contribution is 7.11. The number of carbonyl (C=O) groups excluding carboxylic acids is 1. The third-order valence-electron chi connectivity index (χ3n) is 3.28. The van der Waals surface area contributed by atoms with Crippen LogP contribution in [0.15, 0.2) is 0 Å². The van der Waals surface area contributed by atoms with Gasteiger partial charge >= 0.3 is 0 Å². The molecule has 1 aromatic heterocycles. The van der Waals surface area contributed by atoms with Gasteiger partial charge in [0.1, 0.15) is 10.6 Å². The molecule has 0 unspecified atom stereocenters. The summed E-state index contributed by atoms with van der Waals surface area (Å²) in [4.78, 5) is 11.2. The Hall–Kier alpha value is -1.30. The van der Waals surface area contributed by atoms with Crippen LogP contribution in [0.1, 0.15) is 68.6 Å². The van der Waals surface area contributed by atoms with Crippen LogP contribution >= 0.6 is 11.5 Å². The van der Waals surface area contributed by atoms with E-state index in [9.17, 15) is 4.79 Å². The monoisotopic (exact) mass is 298 g/mol. The van der Waals surface area contributed by atoms with E-state index >= 15 is 0 Å². The highest BCUT2D eigenvalue weighted by atomic mass is 32.1. The largest absolute Gasteiger partial charge is 0.382 e. The summed E-state index contributed by atoms with van der Waals surface area (Å²) in [6.07, 6.45) is 10.2. The van der Waals surface area contributed by atoms with Crippen molar-refractivity contribution in [3.63, 3.8) is 0 Å². The van der Waals surface area contributed by atoms with E-state index in [2.05, 4.69) is 16.6 Å². The quantitative estimate of drug-likeness (QED) is 0.546. The number of hydrogen-bond acceptors (Lipinski definition) is 5. The number of unbranched alkanes of at least 4 members (excludes halogenated alkanes) is 7. The molecule has 0 fully saturated rings. The standard InChI is InChI=1S/C14H26N4OS/c1-2-3-4-5-6-7-8-9-10-17-14-11(13(16)19)12(15)18-20-14/h17H,2-10H2,1H3,(H2,15,18)(H2,16,19). The van der Waals surface area contributed by atoms with Crippen molar-refractivity contribution in [2.24, 2.45) is 5.73 Å². The first-order chi connectivity index (χ1) is 9.66. The van der Waals surface area contributed by atoms with Gasteiger partial charge in [-0.1, -0.05) is 51.9 Å². The topological polar surface area (TPSA) is 94.0 Å². The molecule has 6 heteroatoms. The van der Waals surface area contributed by atoms with E-state index in [4.69, 9.17) is 11.5 Å². The van der Waals surface area contributed by atoms with Gasteiger partial charge < -0.3 is 16.8 Å². The molecule has 0 saturated heterocycles. The molecule has 0 aliphatic heterocycles. The fourth-order valence-electron chi connectivity index (χ4n) is 2.12. The lowest BCUT2D eigenvalue weighted by molar-refractivity contribution is 0.100. The lowest BCUT2D eigenvalue weighted by atomic mass is 10.1. The van der Waals surface area contributed by atoms with Crippen LogP contribution in [0.25, 0.3) is 0 Å². The van der Waals surface area contributed by atoms with E-state index in [1.807, 2.05) is 0 Å². The summed E-state index contributed by atoms with van der Waals surface area (Å²) in [5.41, 5.74) is 11.2. The SMILES string of the molecule is CCCCCCCCCCNc1snc(N)c1C(N)=O. The Morgan fingerprint density at radius 1 is 1.15 bits per heavy atom. The number of carbonyl (C=O) groups is 1. The fraction of sp³-hybridized carbons (Fsp3) is 0.714. The molecule has 1 amide bonds. The van der Waals surface area contributed by atoms with Gasteiger partial charge in [-0.15, -0.1) is 0 Å². The van der Waals surface area contributed by atoms with Gasteiger partial charge in [0.2, 0.25) is 0 Å². The Bertz CT molecular complexity index is 406. The maximum absolute atomic E-state index is 11.2. The molecule has 0 saturated carbocycles. The van der Waals surface area contributed by atoms with E-state index < -0.39 is 5.91 Å². The Morgan fingerprint density at radius 3 is 2.35 bits per heavy atom. The van der Waals surface area contributed by atoms with Crippen molar-refractivity contribution in [2.75, 3.05) is 17.6 Å². The average molecular weight is 298 g/mol. The van der Waals surface area contributed by atoms with Crippen molar-refractivity contribution in [3.05, 3.63) is 5.56 Å². The zero-order valence-corrected chi connectivity index (χ0v) is 13.1. The van der Waals surface area contributed by atoms with Crippen LogP contribution < -0.4 is 16.8 Å². The first-order valence-corrected chi connectivity index (χ1v) is 8.23. The zero-order chi connectivity index (χ0) is 14.8. The molecule has 1 heterocycles. The normalized spacial score (nSPS) is 10.7. The van der Waals surface area contributed by atoms with Crippen LogP contribution in [0, 0.1) is 0 Å². The molecule has 114 valence electrons. The Balaban J connectivity index is 2.11.